The third-order valence-corrected chi connectivity index (χ3v) is 6.11. The molecule has 1 N–H and O–H groups in total. The van der Waals surface area contributed by atoms with Crippen LogP contribution in [0.5, 0.6) is 0 Å². The Morgan fingerprint density at radius 1 is 0.968 bits per heavy atom. The van der Waals surface area contributed by atoms with E-state index in [0.717, 1.165) is 42.5 Å². The standard InChI is InChI=1S/C26H26ClN3O/c27-24-9-7-22(8-10-24)26-19-29(18-21-4-2-1-3-5-21)13-14-30(26)25-11-6-20(12-15-31)16-23(25)17-28/h1-11,16,26,31H,12-15,18-19H2/t26-/m0/s1. The minimum atomic E-state index is 0.0791. The van der Waals surface area contributed by atoms with Gasteiger partial charge in [-0.2, -0.15) is 5.26 Å². The number of nitrogens with zero attached hydrogens (tertiary/aromatic N) is 3. The van der Waals surface area contributed by atoms with Crippen molar-refractivity contribution in [3.05, 3.63) is 100 Å². The molecule has 31 heavy (non-hydrogen) atoms. The van der Waals surface area contributed by atoms with Crippen molar-refractivity contribution < 1.29 is 5.11 Å². The van der Waals surface area contributed by atoms with E-state index in [9.17, 15) is 10.4 Å². The lowest BCUT2D eigenvalue weighted by Gasteiger charge is -2.43. The fourth-order valence-electron chi connectivity index (χ4n) is 4.29. The number of piperazine rings is 1. The monoisotopic (exact) mass is 431 g/mol. The average Bonchev–Trinajstić information content (AvgIpc) is 2.80. The molecule has 0 unspecified atom stereocenters. The number of aliphatic hydroxyl groups excluding tert-OH is 1. The summed E-state index contributed by atoms with van der Waals surface area (Å²) in [6.45, 7) is 3.59. The lowest BCUT2D eigenvalue weighted by Crippen LogP contribution is -2.48. The number of nitriles is 1. The smallest absolute Gasteiger partial charge is 0.101 e. The largest absolute Gasteiger partial charge is 0.396 e. The van der Waals surface area contributed by atoms with Gasteiger partial charge in [0.05, 0.1) is 17.3 Å². The first kappa shape index (κ1) is 21.4. The van der Waals surface area contributed by atoms with Crippen LogP contribution in [0.4, 0.5) is 5.69 Å². The van der Waals surface area contributed by atoms with Gasteiger partial charge in [-0.15, -0.1) is 0 Å². The predicted molar refractivity (Wildman–Crippen MR) is 125 cm³/mol. The third kappa shape index (κ3) is 5.08. The summed E-state index contributed by atoms with van der Waals surface area (Å²) in [7, 11) is 0. The zero-order chi connectivity index (χ0) is 21.6. The number of halogens is 1. The normalized spacial score (nSPS) is 16.8. The van der Waals surface area contributed by atoms with Gasteiger partial charge in [0.15, 0.2) is 0 Å². The van der Waals surface area contributed by atoms with Crippen molar-refractivity contribution in [2.24, 2.45) is 0 Å². The Morgan fingerprint density at radius 3 is 2.45 bits per heavy atom. The Bertz CT molecular complexity index is 1050. The minimum Gasteiger partial charge on any atom is -0.396 e. The van der Waals surface area contributed by atoms with Gasteiger partial charge in [0.2, 0.25) is 0 Å². The van der Waals surface area contributed by atoms with Gasteiger partial charge in [0.1, 0.15) is 6.07 Å². The van der Waals surface area contributed by atoms with Crippen molar-refractivity contribution in [3.8, 4) is 6.07 Å². The topological polar surface area (TPSA) is 50.5 Å². The van der Waals surface area contributed by atoms with Crippen LogP contribution in [0.25, 0.3) is 0 Å². The SMILES string of the molecule is N#Cc1cc(CCO)ccc1N1CCN(Cc2ccccc2)C[C@H]1c1ccc(Cl)cc1. The maximum atomic E-state index is 9.81. The van der Waals surface area contributed by atoms with Crippen molar-refractivity contribution in [3.63, 3.8) is 0 Å². The fraction of sp³-hybridized carbons (Fsp3) is 0.269. The van der Waals surface area contributed by atoms with Gasteiger partial charge in [-0.25, -0.2) is 0 Å². The third-order valence-electron chi connectivity index (χ3n) is 5.86. The van der Waals surface area contributed by atoms with E-state index in [-0.39, 0.29) is 12.6 Å². The second kappa shape index (κ2) is 9.98. The highest BCUT2D eigenvalue weighted by Crippen LogP contribution is 2.34. The van der Waals surface area contributed by atoms with Gasteiger partial charge < -0.3 is 10.0 Å². The van der Waals surface area contributed by atoms with Crippen LogP contribution in [0.15, 0.2) is 72.8 Å². The summed E-state index contributed by atoms with van der Waals surface area (Å²) in [5.74, 6) is 0. The molecule has 3 aromatic rings. The molecule has 1 atom stereocenters. The average molecular weight is 432 g/mol. The molecular formula is C26H26ClN3O. The van der Waals surface area contributed by atoms with Crippen LogP contribution in [0.3, 0.4) is 0 Å². The van der Waals surface area contributed by atoms with Crippen molar-refractivity contribution in [2.45, 2.75) is 19.0 Å². The lowest BCUT2D eigenvalue weighted by atomic mass is 9.98. The second-order valence-corrected chi connectivity index (χ2v) is 8.35. The molecule has 1 heterocycles. The van der Waals surface area contributed by atoms with Gasteiger partial charge in [-0.1, -0.05) is 60.1 Å². The van der Waals surface area contributed by atoms with E-state index in [1.54, 1.807) is 0 Å². The molecule has 1 fully saturated rings. The Balaban J connectivity index is 1.65. The molecule has 1 saturated heterocycles. The highest BCUT2D eigenvalue weighted by molar-refractivity contribution is 6.30. The van der Waals surface area contributed by atoms with E-state index in [0.29, 0.717) is 12.0 Å². The molecule has 1 aliphatic rings. The van der Waals surface area contributed by atoms with Gasteiger partial charge in [0.25, 0.3) is 0 Å². The van der Waals surface area contributed by atoms with Gasteiger partial charge >= 0.3 is 0 Å². The summed E-state index contributed by atoms with van der Waals surface area (Å²) in [5, 5.41) is 19.8. The van der Waals surface area contributed by atoms with Crippen molar-refractivity contribution in [1.82, 2.24) is 4.90 Å². The first-order valence-corrected chi connectivity index (χ1v) is 11.0. The number of aliphatic hydroxyl groups is 1. The predicted octanol–water partition coefficient (Wildman–Crippen LogP) is 4.81. The maximum absolute atomic E-state index is 9.81. The van der Waals surface area contributed by atoms with Crippen LogP contribution in [0, 0.1) is 11.3 Å². The summed E-state index contributed by atoms with van der Waals surface area (Å²) in [5.41, 5.74) is 5.07. The quantitative estimate of drug-likeness (QED) is 0.608. The lowest BCUT2D eigenvalue weighted by molar-refractivity contribution is 0.215. The summed E-state index contributed by atoms with van der Waals surface area (Å²) in [6, 6.07) is 27.0. The van der Waals surface area contributed by atoms with Gasteiger partial charge in [-0.3, -0.25) is 4.90 Å². The van der Waals surface area contributed by atoms with E-state index in [1.807, 2.05) is 36.4 Å². The van der Waals surface area contributed by atoms with Gasteiger partial charge in [-0.05, 0) is 47.4 Å². The first-order valence-electron chi connectivity index (χ1n) is 10.6. The van der Waals surface area contributed by atoms with E-state index in [1.165, 1.54) is 11.1 Å². The number of hydrogen-bond donors (Lipinski definition) is 1. The molecule has 5 heteroatoms. The molecule has 0 saturated carbocycles. The minimum absolute atomic E-state index is 0.0791. The zero-order valence-electron chi connectivity index (χ0n) is 17.4. The molecule has 0 radical (unpaired) electrons. The van der Waals surface area contributed by atoms with E-state index in [2.05, 4.69) is 52.3 Å². The van der Waals surface area contributed by atoms with Crippen molar-refractivity contribution in [2.75, 3.05) is 31.1 Å². The number of hydrogen-bond acceptors (Lipinski definition) is 4. The molecule has 0 bridgehead atoms. The number of anilines is 1. The van der Waals surface area contributed by atoms with Crippen molar-refractivity contribution in [1.29, 1.82) is 5.26 Å². The Labute approximate surface area is 188 Å². The molecule has 4 nitrogen and oxygen atoms in total. The molecule has 1 aliphatic heterocycles. The van der Waals surface area contributed by atoms with Crippen LogP contribution in [0.2, 0.25) is 5.02 Å². The summed E-state index contributed by atoms with van der Waals surface area (Å²) in [6.07, 6.45) is 0.556. The number of rotatable bonds is 6. The maximum Gasteiger partial charge on any atom is 0.101 e. The Hall–Kier alpha value is -2.84. The second-order valence-electron chi connectivity index (χ2n) is 7.92. The highest BCUT2D eigenvalue weighted by Gasteiger charge is 2.30. The summed E-state index contributed by atoms with van der Waals surface area (Å²) in [4.78, 5) is 4.81. The fourth-order valence-corrected chi connectivity index (χ4v) is 4.42. The summed E-state index contributed by atoms with van der Waals surface area (Å²) < 4.78 is 0. The van der Waals surface area contributed by atoms with Crippen LogP contribution < -0.4 is 4.90 Å². The summed E-state index contributed by atoms with van der Waals surface area (Å²) >= 11 is 6.15. The van der Waals surface area contributed by atoms with Crippen LogP contribution in [-0.4, -0.2) is 36.2 Å². The highest BCUT2D eigenvalue weighted by atomic mass is 35.5. The van der Waals surface area contributed by atoms with E-state index in [4.69, 9.17) is 11.6 Å². The molecule has 3 aromatic carbocycles. The van der Waals surface area contributed by atoms with E-state index < -0.39 is 0 Å². The van der Waals surface area contributed by atoms with Crippen molar-refractivity contribution >= 4 is 17.3 Å². The van der Waals surface area contributed by atoms with Gasteiger partial charge in [0, 0.05) is 37.8 Å². The molecule has 0 amide bonds. The Morgan fingerprint density at radius 2 is 1.74 bits per heavy atom. The zero-order valence-corrected chi connectivity index (χ0v) is 18.2. The molecule has 0 spiro atoms. The Kier molecular flexibility index (Phi) is 6.89. The molecule has 0 aliphatic carbocycles. The molecular weight excluding hydrogens is 406 g/mol. The van der Waals surface area contributed by atoms with Crippen LogP contribution >= 0.6 is 11.6 Å². The first-order chi connectivity index (χ1) is 15.2. The molecule has 4 rings (SSSR count). The van der Waals surface area contributed by atoms with Crippen LogP contribution in [0.1, 0.15) is 28.3 Å². The molecule has 158 valence electrons. The molecule has 0 aromatic heterocycles. The van der Waals surface area contributed by atoms with Crippen LogP contribution in [-0.2, 0) is 13.0 Å². The van der Waals surface area contributed by atoms with E-state index >= 15 is 0 Å². The number of benzene rings is 3.